The van der Waals surface area contributed by atoms with Crippen LogP contribution in [-0.4, -0.2) is 24.9 Å². The molecule has 7 heteroatoms. The number of hydrogen-bond acceptors (Lipinski definition) is 7. The highest BCUT2D eigenvalue weighted by Gasteiger charge is 2.09. The summed E-state index contributed by atoms with van der Waals surface area (Å²) in [6.45, 7) is 0. The highest BCUT2D eigenvalue weighted by Crippen LogP contribution is 2.20. The molecule has 0 spiro atoms. The Bertz CT molecular complexity index is 643. The van der Waals surface area contributed by atoms with Crippen LogP contribution in [-0.2, 0) is 0 Å². The van der Waals surface area contributed by atoms with Gasteiger partial charge in [-0.3, -0.25) is 15.4 Å². The molecule has 0 radical (unpaired) electrons. The summed E-state index contributed by atoms with van der Waals surface area (Å²) in [5.41, 5.74) is 4.14. The Morgan fingerprint density at radius 3 is 1.55 bits per heavy atom. The van der Waals surface area contributed by atoms with E-state index in [0.29, 0.717) is 17.6 Å². The lowest BCUT2D eigenvalue weighted by molar-refractivity contribution is 1.04. The Morgan fingerprint density at radius 2 is 1.15 bits per heavy atom. The second kappa shape index (κ2) is 5.37. The Hall–Kier alpha value is -2.93. The minimum atomic E-state index is 0.304. The molecule has 7 nitrogen and oxygen atoms in total. The highest BCUT2D eigenvalue weighted by molar-refractivity contribution is 5.61. The van der Waals surface area contributed by atoms with E-state index in [4.69, 9.17) is 5.84 Å². The zero-order chi connectivity index (χ0) is 13.8. The summed E-state index contributed by atoms with van der Waals surface area (Å²) in [5.74, 6) is 6.78. The maximum absolute atomic E-state index is 5.42. The third-order valence-corrected chi connectivity index (χ3v) is 2.64. The van der Waals surface area contributed by atoms with Gasteiger partial charge in [-0.25, -0.2) is 10.8 Å². The normalized spacial score (nSPS) is 10.2. The van der Waals surface area contributed by atoms with Crippen molar-refractivity contribution in [3.8, 4) is 22.8 Å². The molecule has 3 rings (SSSR count). The fourth-order valence-electron chi connectivity index (χ4n) is 1.70. The second-order valence-corrected chi connectivity index (χ2v) is 3.92. The zero-order valence-corrected chi connectivity index (χ0v) is 10.4. The van der Waals surface area contributed by atoms with Crippen molar-refractivity contribution in [2.75, 3.05) is 5.43 Å². The highest BCUT2D eigenvalue weighted by atomic mass is 15.3. The van der Waals surface area contributed by atoms with E-state index in [9.17, 15) is 0 Å². The first kappa shape index (κ1) is 12.1. The van der Waals surface area contributed by atoms with Gasteiger partial charge in [0, 0.05) is 35.9 Å². The first-order chi connectivity index (χ1) is 9.86. The molecule has 0 bridgehead atoms. The minimum Gasteiger partial charge on any atom is -0.292 e. The van der Waals surface area contributed by atoms with E-state index >= 15 is 0 Å². The van der Waals surface area contributed by atoms with E-state index in [2.05, 4.69) is 30.3 Å². The molecule has 20 heavy (non-hydrogen) atoms. The van der Waals surface area contributed by atoms with Gasteiger partial charge in [-0.2, -0.15) is 9.97 Å². The van der Waals surface area contributed by atoms with E-state index < -0.39 is 0 Å². The van der Waals surface area contributed by atoms with Crippen LogP contribution in [0, 0.1) is 0 Å². The van der Waals surface area contributed by atoms with Crippen molar-refractivity contribution < 1.29 is 0 Å². The standard InChI is InChI=1S/C13H11N7/c14-20-13-18-11(9-1-5-15-6-2-9)17-12(19-13)10-3-7-16-8-4-10/h1-8H,14H2,(H,17,18,19,20). The van der Waals surface area contributed by atoms with Gasteiger partial charge in [-0.05, 0) is 24.3 Å². The molecule has 0 fully saturated rings. The van der Waals surface area contributed by atoms with Crippen LogP contribution < -0.4 is 11.3 Å². The van der Waals surface area contributed by atoms with Gasteiger partial charge in [0.2, 0.25) is 5.95 Å². The Morgan fingerprint density at radius 1 is 0.700 bits per heavy atom. The molecule has 0 aromatic carbocycles. The SMILES string of the molecule is NNc1nc(-c2ccncc2)nc(-c2ccncc2)n1. The first-order valence-electron chi connectivity index (χ1n) is 5.90. The van der Waals surface area contributed by atoms with E-state index in [0.717, 1.165) is 11.1 Å². The first-order valence-corrected chi connectivity index (χ1v) is 5.90. The second-order valence-electron chi connectivity index (χ2n) is 3.92. The van der Waals surface area contributed by atoms with Gasteiger partial charge in [0.05, 0.1) is 0 Å². The maximum Gasteiger partial charge on any atom is 0.241 e. The molecule has 0 atom stereocenters. The van der Waals surface area contributed by atoms with Crippen molar-refractivity contribution in [1.29, 1.82) is 0 Å². The number of nitrogens with zero attached hydrogens (tertiary/aromatic N) is 5. The number of nitrogens with one attached hydrogen (secondary N) is 1. The fourth-order valence-corrected chi connectivity index (χ4v) is 1.70. The van der Waals surface area contributed by atoms with Crippen molar-refractivity contribution >= 4 is 5.95 Å². The monoisotopic (exact) mass is 265 g/mol. The van der Waals surface area contributed by atoms with Gasteiger partial charge in [0.1, 0.15) is 0 Å². The molecular formula is C13H11N7. The fraction of sp³-hybridized carbons (Fsp3) is 0. The number of nitrogens with two attached hydrogens (primary N) is 1. The van der Waals surface area contributed by atoms with Crippen molar-refractivity contribution in [3.63, 3.8) is 0 Å². The summed E-state index contributed by atoms with van der Waals surface area (Å²) in [5, 5.41) is 0. The molecule has 0 aliphatic rings. The number of hydrazine groups is 1. The van der Waals surface area contributed by atoms with Crippen molar-refractivity contribution in [2.24, 2.45) is 5.84 Å². The zero-order valence-electron chi connectivity index (χ0n) is 10.4. The van der Waals surface area contributed by atoms with Gasteiger partial charge >= 0.3 is 0 Å². The lowest BCUT2D eigenvalue weighted by Gasteiger charge is -2.06. The maximum atomic E-state index is 5.42. The van der Waals surface area contributed by atoms with Crippen LogP contribution in [0.25, 0.3) is 22.8 Å². The average molecular weight is 265 g/mol. The van der Waals surface area contributed by atoms with Crippen molar-refractivity contribution in [2.45, 2.75) is 0 Å². The molecular weight excluding hydrogens is 254 g/mol. The number of rotatable bonds is 3. The van der Waals surface area contributed by atoms with Crippen molar-refractivity contribution in [3.05, 3.63) is 49.1 Å². The number of anilines is 1. The molecule has 0 unspecified atom stereocenters. The summed E-state index contributed by atoms with van der Waals surface area (Å²) in [6, 6.07) is 7.30. The summed E-state index contributed by atoms with van der Waals surface area (Å²) in [6.07, 6.45) is 6.73. The van der Waals surface area contributed by atoms with Crippen LogP contribution in [0.2, 0.25) is 0 Å². The van der Waals surface area contributed by atoms with Crippen LogP contribution in [0.5, 0.6) is 0 Å². The van der Waals surface area contributed by atoms with Crippen LogP contribution in [0.3, 0.4) is 0 Å². The van der Waals surface area contributed by atoms with Crippen LogP contribution in [0.15, 0.2) is 49.1 Å². The lowest BCUT2D eigenvalue weighted by atomic mass is 10.2. The summed E-state index contributed by atoms with van der Waals surface area (Å²) in [4.78, 5) is 20.9. The lowest BCUT2D eigenvalue weighted by Crippen LogP contribution is -2.12. The van der Waals surface area contributed by atoms with Gasteiger partial charge in [0.15, 0.2) is 11.6 Å². The molecule has 0 aliphatic heterocycles. The molecule has 3 aromatic heterocycles. The van der Waals surface area contributed by atoms with Gasteiger partial charge in [-0.1, -0.05) is 0 Å². The quantitative estimate of drug-likeness (QED) is 0.543. The molecule has 0 amide bonds. The smallest absolute Gasteiger partial charge is 0.241 e. The van der Waals surface area contributed by atoms with Crippen LogP contribution in [0.1, 0.15) is 0 Å². The van der Waals surface area contributed by atoms with E-state index in [-0.39, 0.29) is 0 Å². The summed E-state index contributed by atoms with van der Waals surface area (Å²) < 4.78 is 0. The van der Waals surface area contributed by atoms with Crippen molar-refractivity contribution in [1.82, 2.24) is 24.9 Å². The van der Waals surface area contributed by atoms with Crippen LogP contribution in [0.4, 0.5) is 5.95 Å². The predicted octanol–water partition coefficient (Wildman–Crippen LogP) is 1.28. The molecule has 0 saturated heterocycles. The topological polar surface area (TPSA) is 102 Å². The molecule has 98 valence electrons. The van der Waals surface area contributed by atoms with E-state index in [1.807, 2.05) is 24.3 Å². The van der Waals surface area contributed by atoms with E-state index in [1.165, 1.54) is 0 Å². The largest absolute Gasteiger partial charge is 0.292 e. The average Bonchev–Trinajstić information content (AvgIpc) is 2.56. The Labute approximate surface area is 115 Å². The number of hydrogen-bond donors (Lipinski definition) is 2. The number of aromatic nitrogens is 5. The Balaban J connectivity index is 2.13. The molecule has 3 heterocycles. The number of nitrogen functional groups attached to an aromatic ring is 1. The summed E-state index contributed by atoms with van der Waals surface area (Å²) in [7, 11) is 0. The molecule has 0 aliphatic carbocycles. The van der Waals surface area contributed by atoms with Gasteiger partial charge < -0.3 is 0 Å². The summed E-state index contributed by atoms with van der Waals surface area (Å²) >= 11 is 0. The predicted molar refractivity (Wildman–Crippen MR) is 74.1 cm³/mol. The third kappa shape index (κ3) is 2.43. The number of pyridine rings is 2. The minimum absolute atomic E-state index is 0.304. The molecule has 0 saturated carbocycles. The van der Waals surface area contributed by atoms with Gasteiger partial charge in [0.25, 0.3) is 0 Å². The van der Waals surface area contributed by atoms with E-state index in [1.54, 1.807) is 24.8 Å². The Kier molecular flexibility index (Phi) is 3.25. The van der Waals surface area contributed by atoms with Crippen LogP contribution >= 0.6 is 0 Å². The molecule has 3 aromatic rings. The van der Waals surface area contributed by atoms with Gasteiger partial charge in [-0.15, -0.1) is 0 Å². The third-order valence-electron chi connectivity index (χ3n) is 2.64. The molecule has 3 N–H and O–H groups in total.